The lowest BCUT2D eigenvalue weighted by atomic mass is 10.3. The molecule has 0 amide bonds. The first-order valence-corrected chi connectivity index (χ1v) is 7.11. The first kappa shape index (κ1) is 14.0. The van der Waals surface area contributed by atoms with Gasteiger partial charge in [0.1, 0.15) is 12.4 Å². The molecule has 0 unspecified atom stereocenters. The average Bonchev–Trinajstić information content (AvgIpc) is 2.45. The van der Waals surface area contributed by atoms with E-state index in [1.165, 1.54) is 0 Å². The molecule has 1 aromatic carbocycles. The molecule has 0 spiro atoms. The second-order valence-corrected chi connectivity index (χ2v) is 4.97. The van der Waals surface area contributed by atoms with E-state index < -0.39 is 0 Å². The van der Waals surface area contributed by atoms with Crippen LogP contribution in [0.4, 0.5) is 0 Å². The van der Waals surface area contributed by atoms with Gasteiger partial charge in [0, 0.05) is 6.54 Å². The summed E-state index contributed by atoms with van der Waals surface area (Å²) in [6, 6.07) is 13.8. The summed E-state index contributed by atoms with van der Waals surface area (Å²) in [7, 11) is 0. The van der Waals surface area contributed by atoms with Crippen molar-refractivity contribution >= 4 is 15.9 Å². The summed E-state index contributed by atoms with van der Waals surface area (Å²) in [5.74, 6) is 0.835. The number of nitrogens with one attached hydrogen (secondary N) is 1. The topological polar surface area (TPSA) is 34.1 Å². The van der Waals surface area contributed by atoms with Gasteiger partial charge in [0.25, 0.3) is 0 Å². The zero-order valence-corrected chi connectivity index (χ0v) is 12.5. The van der Waals surface area contributed by atoms with Gasteiger partial charge in [0.15, 0.2) is 0 Å². The van der Waals surface area contributed by atoms with Gasteiger partial charge in [-0.25, -0.2) is 0 Å². The molecule has 0 saturated heterocycles. The highest BCUT2D eigenvalue weighted by atomic mass is 79.9. The molecule has 0 atom stereocenters. The van der Waals surface area contributed by atoms with Gasteiger partial charge < -0.3 is 10.1 Å². The van der Waals surface area contributed by atoms with Gasteiger partial charge in [-0.15, -0.1) is 0 Å². The number of hydrogen-bond donors (Lipinski definition) is 1. The Balaban J connectivity index is 1.98. The number of nitrogens with zero attached hydrogens (tertiary/aromatic N) is 1. The fourth-order valence-corrected chi connectivity index (χ4v) is 2.07. The summed E-state index contributed by atoms with van der Waals surface area (Å²) in [6.45, 7) is 4.29. The molecule has 1 N–H and O–H groups in total. The van der Waals surface area contributed by atoms with Gasteiger partial charge in [-0.2, -0.15) is 0 Å². The minimum atomic E-state index is 0.475. The summed E-state index contributed by atoms with van der Waals surface area (Å²) < 4.78 is 6.71. The van der Waals surface area contributed by atoms with Crippen molar-refractivity contribution in [3.63, 3.8) is 0 Å². The fraction of sp³-hybridized carbons (Fsp3) is 0.267. The summed E-state index contributed by atoms with van der Waals surface area (Å²) in [6.07, 6.45) is 0. The summed E-state index contributed by atoms with van der Waals surface area (Å²) in [4.78, 5) is 4.55. The Labute approximate surface area is 122 Å². The molecule has 0 saturated carbocycles. The van der Waals surface area contributed by atoms with Crippen molar-refractivity contribution < 1.29 is 4.74 Å². The Hall–Kier alpha value is -1.39. The summed E-state index contributed by atoms with van der Waals surface area (Å²) >= 11 is 3.46. The molecule has 1 heterocycles. The highest BCUT2D eigenvalue weighted by Crippen LogP contribution is 2.24. The maximum atomic E-state index is 5.75. The van der Waals surface area contributed by atoms with Crippen molar-refractivity contribution in [2.45, 2.75) is 20.1 Å². The predicted octanol–water partition coefficient (Wildman–Crippen LogP) is 3.53. The average molecular weight is 321 g/mol. The smallest absolute Gasteiger partial charge is 0.134 e. The minimum Gasteiger partial charge on any atom is -0.486 e. The Morgan fingerprint density at radius 2 is 1.89 bits per heavy atom. The first-order valence-electron chi connectivity index (χ1n) is 6.32. The highest BCUT2D eigenvalue weighted by molar-refractivity contribution is 9.10. The maximum Gasteiger partial charge on any atom is 0.134 e. The number of para-hydroxylation sites is 1. The van der Waals surface area contributed by atoms with Crippen LogP contribution in [-0.2, 0) is 13.2 Å². The van der Waals surface area contributed by atoms with Crippen LogP contribution in [0.15, 0.2) is 46.9 Å². The molecule has 2 aromatic rings. The van der Waals surface area contributed by atoms with E-state index in [9.17, 15) is 0 Å². The normalized spacial score (nSPS) is 10.4. The van der Waals surface area contributed by atoms with Crippen LogP contribution in [0.25, 0.3) is 0 Å². The monoisotopic (exact) mass is 320 g/mol. The van der Waals surface area contributed by atoms with Crippen molar-refractivity contribution in [2.75, 3.05) is 6.54 Å². The Bertz CT molecular complexity index is 531. The molecule has 0 fully saturated rings. The third kappa shape index (κ3) is 4.33. The van der Waals surface area contributed by atoms with Gasteiger partial charge >= 0.3 is 0 Å². The lowest BCUT2D eigenvalue weighted by molar-refractivity contribution is 0.299. The molecule has 0 radical (unpaired) electrons. The van der Waals surface area contributed by atoms with Crippen LogP contribution >= 0.6 is 15.9 Å². The van der Waals surface area contributed by atoms with E-state index in [0.29, 0.717) is 6.61 Å². The third-order valence-corrected chi connectivity index (χ3v) is 3.29. The molecule has 4 heteroatoms. The van der Waals surface area contributed by atoms with Crippen LogP contribution in [0.5, 0.6) is 5.75 Å². The summed E-state index contributed by atoms with van der Waals surface area (Å²) in [5.41, 5.74) is 1.97. The number of halogens is 1. The SMILES string of the molecule is CCNCc1cccc(COc2ccccc2Br)n1. The lowest BCUT2D eigenvalue weighted by Crippen LogP contribution is -2.13. The minimum absolute atomic E-state index is 0.475. The van der Waals surface area contributed by atoms with Crippen molar-refractivity contribution in [1.82, 2.24) is 10.3 Å². The zero-order valence-electron chi connectivity index (χ0n) is 10.9. The highest BCUT2D eigenvalue weighted by Gasteiger charge is 2.02. The maximum absolute atomic E-state index is 5.75. The number of benzene rings is 1. The van der Waals surface area contributed by atoms with E-state index in [1.807, 2.05) is 42.5 Å². The molecule has 1 aromatic heterocycles. The largest absolute Gasteiger partial charge is 0.486 e. The molecule has 100 valence electrons. The number of aromatic nitrogens is 1. The van der Waals surface area contributed by atoms with Crippen molar-refractivity contribution in [3.8, 4) is 5.75 Å². The Morgan fingerprint density at radius 1 is 1.11 bits per heavy atom. The molecule has 3 nitrogen and oxygen atoms in total. The number of hydrogen-bond acceptors (Lipinski definition) is 3. The van der Waals surface area contributed by atoms with Gasteiger partial charge in [-0.3, -0.25) is 4.98 Å². The molecule has 0 bridgehead atoms. The van der Waals surface area contributed by atoms with E-state index in [0.717, 1.165) is 34.7 Å². The van der Waals surface area contributed by atoms with E-state index in [2.05, 4.69) is 33.2 Å². The van der Waals surface area contributed by atoms with Crippen LogP contribution in [-0.4, -0.2) is 11.5 Å². The third-order valence-electron chi connectivity index (χ3n) is 2.63. The van der Waals surface area contributed by atoms with E-state index in [-0.39, 0.29) is 0 Å². The standard InChI is InChI=1S/C15H17BrN2O/c1-2-17-10-12-6-5-7-13(18-12)11-19-15-9-4-3-8-14(15)16/h3-9,17H,2,10-11H2,1H3. The molecule has 0 aliphatic carbocycles. The van der Waals surface area contributed by atoms with E-state index in [1.54, 1.807) is 0 Å². The van der Waals surface area contributed by atoms with Gasteiger partial charge in [0.2, 0.25) is 0 Å². The number of pyridine rings is 1. The van der Waals surface area contributed by atoms with Crippen molar-refractivity contribution in [1.29, 1.82) is 0 Å². The second-order valence-electron chi connectivity index (χ2n) is 4.12. The first-order chi connectivity index (χ1) is 9.29. The molecular weight excluding hydrogens is 304 g/mol. The Morgan fingerprint density at radius 3 is 2.68 bits per heavy atom. The van der Waals surface area contributed by atoms with Crippen LogP contribution in [0.3, 0.4) is 0 Å². The van der Waals surface area contributed by atoms with E-state index >= 15 is 0 Å². The molecule has 2 rings (SSSR count). The van der Waals surface area contributed by atoms with E-state index in [4.69, 9.17) is 4.74 Å². The van der Waals surface area contributed by atoms with Crippen molar-refractivity contribution in [3.05, 3.63) is 58.3 Å². The Kier molecular flexibility index (Phi) is 5.36. The van der Waals surface area contributed by atoms with Crippen molar-refractivity contribution in [2.24, 2.45) is 0 Å². The van der Waals surface area contributed by atoms with Crippen LogP contribution in [0, 0.1) is 0 Å². The molecule has 0 aliphatic heterocycles. The van der Waals surface area contributed by atoms with Crippen LogP contribution < -0.4 is 10.1 Å². The number of rotatable bonds is 6. The quantitative estimate of drug-likeness (QED) is 0.884. The molecule has 19 heavy (non-hydrogen) atoms. The zero-order chi connectivity index (χ0) is 13.5. The van der Waals surface area contributed by atoms with Gasteiger partial charge in [-0.1, -0.05) is 25.1 Å². The van der Waals surface area contributed by atoms with Gasteiger partial charge in [-0.05, 0) is 46.7 Å². The van der Waals surface area contributed by atoms with Gasteiger partial charge in [0.05, 0.1) is 15.9 Å². The van der Waals surface area contributed by atoms with Crippen LogP contribution in [0.1, 0.15) is 18.3 Å². The summed E-state index contributed by atoms with van der Waals surface area (Å²) in [5, 5.41) is 3.26. The van der Waals surface area contributed by atoms with Crippen LogP contribution in [0.2, 0.25) is 0 Å². The lowest BCUT2D eigenvalue weighted by Gasteiger charge is -2.08. The molecule has 0 aliphatic rings. The number of ether oxygens (including phenoxy) is 1. The fourth-order valence-electron chi connectivity index (χ4n) is 1.67. The molecular formula is C15H17BrN2O. The predicted molar refractivity (Wildman–Crippen MR) is 80.1 cm³/mol. The second kappa shape index (κ2) is 7.26.